The number of aliphatic carboxylic acids is 1. The van der Waals surface area contributed by atoms with E-state index in [0.29, 0.717) is 36.5 Å². The molecule has 0 radical (unpaired) electrons. The van der Waals surface area contributed by atoms with Crippen LogP contribution in [0.3, 0.4) is 0 Å². The maximum atomic E-state index is 12.3. The van der Waals surface area contributed by atoms with Gasteiger partial charge in [0.05, 0.1) is 18.6 Å². The zero-order valence-corrected chi connectivity index (χ0v) is 14.2. The minimum Gasteiger partial charge on any atom is -0.481 e. The lowest BCUT2D eigenvalue weighted by atomic mass is 9.97. The molecule has 0 bridgehead atoms. The van der Waals surface area contributed by atoms with Crippen LogP contribution >= 0.6 is 11.3 Å². The molecule has 1 aromatic rings. The summed E-state index contributed by atoms with van der Waals surface area (Å²) in [6.45, 7) is 4.46. The molecule has 2 rings (SSSR count). The number of aryl methyl sites for hydroxylation is 1. The standard InChI is InChI=1S/C15H20N2O5S/c1-8-9(2)23-12(11(8)14(20)22-3)16-15(21)17-6-4-10(5-7-17)13(18)19/h10H,4-7H2,1-3H3,(H,16,21)(H,18,19). The first-order chi connectivity index (χ1) is 10.8. The molecule has 1 fully saturated rings. The smallest absolute Gasteiger partial charge is 0.341 e. The number of carboxylic acids is 1. The van der Waals surface area contributed by atoms with E-state index in [2.05, 4.69) is 5.32 Å². The van der Waals surface area contributed by atoms with E-state index in [-0.39, 0.29) is 6.03 Å². The molecule has 2 heterocycles. The normalized spacial score (nSPS) is 15.3. The minimum absolute atomic E-state index is 0.319. The summed E-state index contributed by atoms with van der Waals surface area (Å²) in [4.78, 5) is 37.7. The number of anilines is 1. The van der Waals surface area contributed by atoms with Crippen LogP contribution in [-0.4, -0.2) is 48.2 Å². The van der Waals surface area contributed by atoms with Crippen molar-refractivity contribution in [2.75, 3.05) is 25.5 Å². The summed E-state index contributed by atoms with van der Waals surface area (Å²) in [5.41, 5.74) is 1.17. The van der Waals surface area contributed by atoms with Crippen LogP contribution in [0, 0.1) is 19.8 Å². The van der Waals surface area contributed by atoms with Crippen molar-refractivity contribution in [2.45, 2.75) is 26.7 Å². The number of likely N-dealkylation sites (tertiary alicyclic amines) is 1. The van der Waals surface area contributed by atoms with Gasteiger partial charge in [0.1, 0.15) is 5.00 Å². The highest BCUT2D eigenvalue weighted by molar-refractivity contribution is 7.16. The second-order valence-corrected chi connectivity index (χ2v) is 6.73. The number of carbonyl (C=O) groups is 3. The van der Waals surface area contributed by atoms with Gasteiger partial charge < -0.3 is 14.7 Å². The number of piperidine rings is 1. The summed E-state index contributed by atoms with van der Waals surface area (Å²) in [6, 6.07) is -0.319. The van der Waals surface area contributed by atoms with E-state index in [4.69, 9.17) is 9.84 Å². The van der Waals surface area contributed by atoms with Gasteiger partial charge in [-0.25, -0.2) is 9.59 Å². The molecule has 0 spiro atoms. The first-order valence-electron chi connectivity index (χ1n) is 7.32. The molecule has 8 heteroatoms. The third kappa shape index (κ3) is 3.64. The van der Waals surface area contributed by atoms with Crippen LogP contribution in [0.4, 0.5) is 9.80 Å². The Labute approximate surface area is 138 Å². The molecule has 0 unspecified atom stereocenters. The summed E-state index contributed by atoms with van der Waals surface area (Å²) in [7, 11) is 1.30. The van der Waals surface area contributed by atoms with Crippen LogP contribution in [0.2, 0.25) is 0 Å². The quantitative estimate of drug-likeness (QED) is 0.824. The summed E-state index contributed by atoms with van der Waals surface area (Å²) >= 11 is 1.33. The second kappa shape index (κ2) is 6.99. The molecule has 0 saturated carbocycles. The molecule has 1 aliphatic rings. The first-order valence-corrected chi connectivity index (χ1v) is 8.13. The van der Waals surface area contributed by atoms with Crippen LogP contribution in [0.1, 0.15) is 33.6 Å². The summed E-state index contributed by atoms with van der Waals surface area (Å²) < 4.78 is 4.78. The monoisotopic (exact) mass is 340 g/mol. The number of hydrogen-bond donors (Lipinski definition) is 2. The van der Waals surface area contributed by atoms with Gasteiger partial charge >= 0.3 is 18.0 Å². The van der Waals surface area contributed by atoms with E-state index < -0.39 is 17.9 Å². The maximum Gasteiger partial charge on any atom is 0.341 e. The Morgan fingerprint density at radius 1 is 1.26 bits per heavy atom. The molecule has 1 aliphatic heterocycles. The largest absolute Gasteiger partial charge is 0.481 e. The Morgan fingerprint density at radius 2 is 1.87 bits per heavy atom. The van der Waals surface area contributed by atoms with E-state index in [0.717, 1.165) is 10.4 Å². The average molecular weight is 340 g/mol. The van der Waals surface area contributed by atoms with Crippen molar-refractivity contribution in [1.82, 2.24) is 4.90 Å². The van der Waals surface area contributed by atoms with Gasteiger partial charge in [0.15, 0.2) is 0 Å². The van der Waals surface area contributed by atoms with Crippen LogP contribution in [0.5, 0.6) is 0 Å². The van der Waals surface area contributed by atoms with Crippen LogP contribution in [0.25, 0.3) is 0 Å². The second-order valence-electron chi connectivity index (χ2n) is 5.51. The topological polar surface area (TPSA) is 95.9 Å². The Hall–Kier alpha value is -2.09. The molecule has 23 heavy (non-hydrogen) atoms. The number of carboxylic acid groups (broad SMARTS) is 1. The van der Waals surface area contributed by atoms with Crippen molar-refractivity contribution in [3.05, 3.63) is 16.0 Å². The molecule has 1 aromatic heterocycles. The van der Waals surface area contributed by atoms with Gasteiger partial charge in [-0.05, 0) is 32.3 Å². The maximum absolute atomic E-state index is 12.3. The van der Waals surface area contributed by atoms with Crippen molar-refractivity contribution in [3.63, 3.8) is 0 Å². The first kappa shape index (κ1) is 17.3. The molecule has 126 valence electrons. The lowest BCUT2D eigenvalue weighted by molar-refractivity contribution is -0.143. The zero-order valence-electron chi connectivity index (χ0n) is 13.3. The van der Waals surface area contributed by atoms with Crippen LogP contribution in [-0.2, 0) is 9.53 Å². The number of nitrogens with zero attached hydrogens (tertiary/aromatic N) is 1. The molecule has 2 N–H and O–H groups in total. The zero-order chi connectivity index (χ0) is 17.1. The minimum atomic E-state index is -0.817. The summed E-state index contributed by atoms with van der Waals surface area (Å²) in [6.07, 6.45) is 0.879. The number of nitrogens with one attached hydrogen (secondary N) is 1. The summed E-state index contributed by atoms with van der Waals surface area (Å²) in [5, 5.41) is 12.2. The lowest BCUT2D eigenvalue weighted by Gasteiger charge is -2.30. The lowest BCUT2D eigenvalue weighted by Crippen LogP contribution is -2.42. The molecular weight excluding hydrogens is 320 g/mol. The third-order valence-corrected chi connectivity index (χ3v) is 5.25. The van der Waals surface area contributed by atoms with E-state index in [9.17, 15) is 14.4 Å². The van der Waals surface area contributed by atoms with Crippen molar-refractivity contribution < 1.29 is 24.2 Å². The van der Waals surface area contributed by atoms with Crippen molar-refractivity contribution in [2.24, 2.45) is 5.92 Å². The number of esters is 1. The van der Waals surface area contributed by atoms with Crippen molar-refractivity contribution in [1.29, 1.82) is 0 Å². The molecule has 0 aliphatic carbocycles. The van der Waals surface area contributed by atoms with E-state index in [1.807, 2.05) is 13.8 Å². The molecular formula is C15H20N2O5S. The number of urea groups is 1. The number of hydrogen-bond acceptors (Lipinski definition) is 5. The SMILES string of the molecule is COC(=O)c1c(NC(=O)N2CCC(C(=O)O)CC2)sc(C)c1C. The number of amides is 2. The van der Waals surface area contributed by atoms with Crippen molar-refractivity contribution >= 4 is 34.3 Å². The Balaban J connectivity index is 2.08. The highest BCUT2D eigenvalue weighted by atomic mass is 32.1. The van der Waals surface area contributed by atoms with Gasteiger partial charge in [0, 0.05) is 18.0 Å². The van der Waals surface area contributed by atoms with Gasteiger partial charge in [-0.3, -0.25) is 10.1 Å². The molecule has 2 amide bonds. The fraction of sp³-hybridized carbons (Fsp3) is 0.533. The predicted octanol–water partition coefficient (Wildman–Crippen LogP) is 2.48. The van der Waals surface area contributed by atoms with Gasteiger partial charge in [0.25, 0.3) is 0 Å². The Morgan fingerprint density at radius 3 is 2.39 bits per heavy atom. The molecule has 0 aromatic carbocycles. The van der Waals surface area contributed by atoms with Gasteiger partial charge in [0.2, 0.25) is 0 Å². The fourth-order valence-electron chi connectivity index (χ4n) is 2.57. The number of thiophene rings is 1. The van der Waals surface area contributed by atoms with Crippen LogP contribution < -0.4 is 5.32 Å². The fourth-order valence-corrected chi connectivity index (χ4v) is 3.61. The van der Waals surface area contributed by atoms with Gasteiger partial charge in [-0.1, -0.05) is 0 Å². The highest BCUT2D eigenvalue weighted by Crippen LogP contribution is 2.33. The van der Waals surface area contributed by atoms with E-state index >= 15 is 0 Å². The van der Waals surface area contributed by atoms with Crippen molar-refractivity contribution in [3.8, 4) is 0 Å². The number of ether oxygens (including phenoxy) is 1. The van der Waals surface area contributed by atoms with E-state index in [1.54, 1.807) is 4.90 Å². The Kier molecular flexibility index (Phi) is 5.25. The van der Waals surface area contributed by atoms with Gasteiger partial charge in [-0.2, -0.15) is 0 Å². The number of methoxy groups -OCH3 is 1. The molecule has 1 saturated heterocycles. The third-order valence-electron chi connectivity index (χ3n) is 4.13. The summed E-state index contributed by atoms with van der Waals surface area (Å²) in [5.74, 6) is -1.69. The number of rotatable bonds is 3. The van der Waals surface area contributed by atoms with E-state index in [1.165, 1.54) is 18.4 Å². The predicted molar refractivity (Wildman–Crippen MR) is 86.1 cm³/mol. The highest BCUT2D eigenvalue weighted by Gasteiger charge is 2.28. The van der Waals surface area contributed by atoms with Crippen LogP contribution in [0.15, 0.2) is 0 Å². The number of carbonyl (C=O) groups excluding carboxylic acids is 2. The van der Waals surface area contributed by atoms with Gasteiger partial charge in [-0.15, -0.1) is 11.3 Å². The molecule has 0 atom stereocenters. The average Bonchev–Trinajstić information content (AvgIpc) is 2.81. The Bertz CT molecular complexity index is 632. The molecule has 7 nitrogen and oxygen atoms in total.